The van der Waals surface area contributed by atoms with Crippen molar-refractivity contribution in [3.63, 3.8) is 0 Å². The highest BCUT2D eigenvalue weighted by Crippen LogP contribution is 2.25. The van der Waals surface area contributed by atoms with Gasteiger partial charge in [0.15, 0.2) is 0 Å². The number of H-pyrrole nitrogens is 1. The molecule has 1 aliphatic heterocycles. The van der Waals surface area contributed by atoms with E-state index in [2.05, 4.69) is 10.2 Å². The van der Waals surface area contributed by atoms with Crippen LogP contribution < -0.4 is 10.6 Å². The summed E-state index contributed by atoms with van der Waals surface area (Å²) >= 11 is 0. The molecule has 0 bridgehead atoms. The SMILES string of the molecule is CC1=NN(c2ccc(S(=O)(=O)[O-])cc2)C(=O)C1=CC=Cc1c(C)[nH]n(-c2ccc(S(=O)(=O)[O-])cc2)c1=O. The molecule has 0 fully saturated rings. The zero-order valence-corrected chi connectivity index (χ0v) is 20.9. The molecule has 0 saturated carbocycles. The van der Waals surface area contributed by atoms with E-state index in [0.717, 1.165) is 29.3 Å². The van der Waals surface area contributed by atoms with Crippen molar-refractivity contribution in [2.75, 3.05) is 5.01 Å². The molecule has 1 aliphatic rings. The Hall–Kier alpha value is -4.11. The standard InChI is InChI=1S/C23H20N4O8S2/c1-14-20(22(28)26(24-14)16-6-10-18(11-7-16)36(30,31)32)4-3-5-21-15(2)25-27(23(21)29)17-8-12-19(13-9-17)37(33,34)35/h3-13,24H,1-2H3,(H,30,31,32)(H,33,34,35)/p-2. The van der Waals surface area contributed by atoms with Gasteiger partial charge in [-0.1, -0.05) is 6.08 Å². The van der Waals surface area contributed by atoms with E-state index in [0.29, 0.717) is 17.1 Å². The lowest BCUT2D eigenvalue weighted by Crippen LogP contribution is -2.21. The van der Waals surface area contributed by atoms with Gasteiger partial charge in [0.2, 0.25) is 0 Å². The lowest BCUT2D eigenvalue weighted by atomic mass is 10.1. The minimum Gasteiger partial charge on any atom is -0.744 e. The van der Waals surface area contributed by atoms with Gasteiger partial charge in [0, 0.05) is 5.69 Å². The van der Waals surface area contributed by atoms with E-state index in [9.17, 15) is 35.5 Å². The zero-order valence-electron chi connectivity index (χ0n) is 19.3. The number of hydrogen-bond donors (Lipinski definition) is 1. The number of benzene rings is 2. The first-order chi connectivity index (χ1) is 17.3. The predicted octanol–water partition coefficient (Wildman–Crippen LogP) is 1.64. The first kappa shape index (κ1) is 26.0. The summed E-state index contributed by atoms with van der Waals surface area (Å²) in [5.41, 5.74) is 1.54. The number of hydrogen-bond acceptors (Lipinski definition) is 9. The third kappa shape index (κ3) is 5.22. The lowest BCUT2D eigenvalue weighted by molar-refractivity contribution is -0.114. The summed E-state index contributed by atoms with van der Waals surface area (Å²) in [5.74, 6) is -0.489. The normalized spacial score (nSPS) is 15.7. The number of aromatic nitrogens is 2. The van der Waals surface area contributed by atoms with Gasteiger partial charge in [-0.15, -0.1) is 0 Å². The third-order valence-electron chi connectivity index (χ3n) is 5.46. The molecule has 3 aromatic rings. The van der Waals surface area contributed by atoms with Gasteiger partial charge >= 0.3 is 0 Å². The van der Waals surface area contributed by atoms with Gasteiger partial charge in [-0.2, -0.15) is 10.1 Å². The highest BCUT2D eigenvalue weighted by Gasteiger charge is 2.28. The Bertz CT molecular complexity index is 1760. The second kappa shape index (κ2) is 9.40. The summed E-state index contributed by atoms with van der Waals surface area (Å²) in [5, 5.41) is 8.11. The molecule has 1 aromatic heterocycles. The van der Waals surface area contributed by atoms with Crippen LogP contribution in [0.3, 0.4) is 0 Å². The van der Waals surface area contributed by atoms with Crippen LogP contribution in [0.25, 0.3) is 11.8 Å². The van der Waals surface area contributed by atoms with Gasteiger partial charge in [-0.3, -0.25) is 14.7 Å². The van der Waals surface area contributed by atoms with E-state index in [1.54, 1.807) is 13.8 Å². The minimum absolute atomic E-state index is 0.236. The molecule has 0 aliphatic carbocycles. The van der Waals surface area contributed by atoms with Gasteiger partial charge in [-0.25, -0.2) is 21.5 Å². The predicted molar refractivity (Wildman–Crippen MR) is 131 cm³/mol. The van der Waals surface area contributed by atoms with E-state index in [-0.39, 0.29) is 16.8 Å². The summed E-state index contributed by atoms with van der Waals surface area (Å²) in [4.78, 5) is 24.9. The van der Waals surface area contributed by atoms with Gasteiger partial charge in [0.1, 0.15) is 20.2 Å². The van der Waals surface area contributed by atoms with Crippen LogP contribution in [0.2, 0.25) is 0 Å². The molecule has 0 unspecified atom stereocenters. The molecule has 14 heteroatoms. The van der Waals surface area contributed by atoms with Crippen molar-refractivity contribution in [3.05, 3.63) is 87.9 Å². The van der Waals surface area contributed by atoms with Crippen LogP contribution in [0.5, 0.6) is 0 Å². The molecule has 2 heterocycles. The lowest BCUT2D eigenvalue weighted by Gasteiger charge is -2.13. The van der Waals surface area contributed by atoms with Crippen LogP contribution in [-0.4, -0.2) is 47.3 Å². The minimum atomic E-state index is -4.62. The van der Waals surface area contributed by atoms with Crippen molar-refractivity contribution in [3.8, 4) is 5.69 Å². The maximum atomic E-state index is 12.9. The Morgan fingerprint density at radius 1 is 0.838 bits per heavy atom. The van der Waals surface area contributed by atoms with Crippen LogP contribution in [-0.2, 0) is 25.0 Å². The highest BCUT2D eigenvalue weighted by atomic mass is 32.2. The van der Waals surface area contributed by atoms with Crippen LogP contribution in [0, 0.1) is 6.92 Å². The van der Waals surface area contributed by atoms with Crippen molar-refractivity contribution in [1.29, 1.82) is 0 Å². The summed E-state index contributed by atoms with van der Waals surface area (Å²) in [6, 6.07) is 9.62. The molecular formula is C23H18N4O8S2-2. The molecule has 4 rings (SSSR count). The molecule has 0 saturated heterocycles. The van der Waals surface area contributed by atoms with E-state index < -0.39 is 41.5 Å². The second-order valence-corrected chi connectivity index (χ2v) is 10.7. The number of nitrogens with zero attached hydrogens (tertiary/aromatic N) is 3. The van der Waals surface area contributed by atoms with E-state index in [1.165, 1.54) is 47.2 Å². The first-order valence-corrected chi connectivity index (χ1v) is 13.3. The Labute approximate surface area is 211 Å². The van der Waals surface area contributed by atoms with Crippen molar-refractivity contribution in [1.82, 2.24) is 9.78 Å². The number of hydrazone groups is 1. The fraction of sp³-hybridized carbons (Fsp3) is 0.0870. The molecule has 0 radical (unpaired) electrons. The number of amides is 1. The van der Waals surface area contributed by atoms with Crippen LogP contribution >= 0.6 is 0 Å². The van der Waals surface area contributed by atoms with Gasteiger partial charge in [0.05, 0.1) is 38.0 Å². The number of carbonyl (C=O) groups is 1. The molecule has 192 valence electrons. The van der Waals surface area contributed by atoms with Crippen molar-refractivity contribution >= 4 is 43.6 Å². The summed E-state index contributed by atoms with van der Waals surface area (Å²) in [7, 11) is -9.24. The second-order valence-electron chi connectivity index (χ2n) is 7.93. The van der Waals surface area contributed by atoms with Crippen LogP contribution in [0.4, 0.5) is 5.69 Å². The number of carbonyl (C=O) groups excluding carboxylic acids is 1. The molecule has 1 amide bonds. The largest absolute Gasteiger partial charge is 0.744 e. The quantitative estimate of drug-likeness (QED) is 0.360. The molecule has 12 nitrogen and oxygen atoms in total. The number of rotatable bonds is 6. The van der Waals surface area contributed by atoms with Gasteiger partial charge in [-0.05, 0) is 74.5 Å². The van der Waals surface area contributed by atoms with E-state index in [4.69, 9.17) is 0 Å². The highest BCUT2D eigenvalue weighted by molar-refractivity contribution is 7.86. The molecule has 0 atom stereocenters. The van der Waals surface area contributed by atoms with Gasteiger partial charge in [0.25, 0.3) is 11.5 Å². The first-order valence-electron chi connectivity index (χ1n) is 10.5. The molecule has 0 spiro atoms. The van der Waals surface area contributed by atoms with Crippen LogP contribution in [0.1, 0.15) is 18.2 Å². The third-order valence-corrected chi connectivity index (χ3v) is 7.16. The zero-order chi connectivity index (χ0) is 27.1. The summed E-state index contributed by atoms with van der Waals surface area (Å²) in [6.07, 6.45) is 4.46. The monoisotopic (exact) mass is 542 g/mol. The Morgan fingerprint density at radius 3 is 1.86 bits per heavy atom. The molecular weight excluding hydrogens is 524 g/mol. The Morgan fingerprint density at radius 2 is 1.35 bits per heavy atom. The number of anilines is 1. The van der Waals surface area contributed by atoms with Crippen LogP contribution in [0.15, 0.2) is 85.9 Å². The van der Waals surface area contributed by atoms with Crippen molar-refractivity contribution in [2.45, 2.75) is 23.6 Å². The van der Waals surface area contributed by atoms with E-state index >= 15 is 0 Å². The maximum absolute atomic E-state index is 12.9. The average Bonchev–Trinajstić information content (AvgIpc) is 3.28. The number of allylic oxidation sites excluding steroid dienone is 2. The Kier molecular flexibility index (Phi) is 6.60. The smallest absolute Gasteiger partial charge is 0.280 e. The fourth-order valence-corrected chi connectivity index (χ4v) is 4.52. The average molecular weight is 543 g/mol. The maximum Gasteiger partial charge on any atom is 0.280 e. The number of aryl methyl sites for hydroxylation is 1. The van der Waals surface area contributed by atoms with Crippen molar-refractivity contribution in [2.24, 2.45) is 5.10 Å². The number of aromatic amines is 1. The van der Waals surface area contributed by atoms with E-state index in [1.807, 2.05) is 0 Å². The summed E-state index contributed by atoms with van der Waals surface area (Å²) < 4.78 is 67.9. The fourth-order valence-electron chi connectivity index (χ4n) is 3.58. The molecule has 1 N–H and O–H groups in total. The number of nitrogens with one attached hydrogen (secondary N) is 1. The topological polar surface area (TPSA) is 185 Å². The Balaban J connectivity index is 1.57. The van der Waals surface area contributed by atoms with Gasteiger partial charge < -0.3 is 9.11 Å². The molecule has 37 heavy (non-hydrogen) atoms. The summed E-state index contributed by atoms with van der Waals surface area (Å²) in [6.45, 7) is 3.26. The van der Waals surface area contributed by atoms with Crippen molar-refractivity contribution < 1.29 is 30.7 Å². The molecule has 2 aromatic carbocycles.